The molecule has 1 spiro atoms. The van der Waals surface area contributed by atoms with Crippen LogP contribution in [0, 0.1) is 0 Å². The zero-order valence-corrected chi connectivity index (χ0v) is 15.0. The minimum Gasteiger partial charge on any atom is -0.439 e. The summed E-state index contributed by atoms with van der Waals surface area (Å²) in [5.41, 5.74) is 2.49. The van der Waals surface area contributed by atoms with Crippen molar-refractivity contribution >= 4 is 5.82 Å². The molecular weight excluding hydrogens is 338 g/mol. The van der Waals surface area contributed by atoms with Gasteiger partial charge in [0.25, 0.3) is 0 Å². The van der Waals surface area contributed by atoms with Gasteiger partial charge in [0.2, 0.25) is 5.88 Å². The molecule has 1 aliphatic carbocycles. The van der Waals surface area contributed by atoms with Crippen LogP contribution in [0.1, 0.15) is 17.5 Å². The van der Waals surface area contributed by atoms with E-state index >= 15 is 0 Å². The molecule has 1 unspecified atom stereocenters. The lowest BCUT2D eigenvalue weighted by atomic mass is 9.93. The smallest absolute Gasteiger partial charge is 0.224 e. The second kappa shape index (κ2) is 6.67. The van der Waals surface area contributed by atoms with Crippen LogP contribution in [0.4, 0.5) is 5.82 Å². The van der Waals surface area contributed by atoms with E-state index in [-0.39, 0.29) is 5.60 Å². The normalized spacial score (nSPS) is 21.3. The number of aromatic nitrogens is 2. The monoisotopic (exact) mass is 359 g/mol. The van der Waals surface area contributed by atoms with Gasteiger partial charge in [-0.2, -0.15) is 0 Å². The molecule has 0 amide bonds. The lowest BCUT2D eigenvalue weighted by Crippen LogP contribution is -2.49. The second-order valence-electron chi connectivity index (χ2n) is 7.05. The van der Waals surface area contributed by atoms with E-state index in [1.807, 2.05) is 36.4 Å². The molecule has 5 heteroatoms. The van der Waals surface area contributed by atoms with Crippen LogP contribution in [0.5, 0.6) is 11.6 Å². The average molecular weight is 359 g/mol. The minimum atomic E-state index is -0.236. The van der Waals surface area contributed by atoms with Crippen LogP contribution in [0.3, 0.4) is 0 Å². The summed E-state index contributed by atoms with van der Waals surface area (Å²) >= 11 is 0. The average Bonchev–Trinajstić information content (AvgIpc) is 3.07. The molecule has 0 bridgehead atoms. The van der Waals surface area contributed by atoms with Gasteiger partial charge in [-0.1, -0.05) is 42.5 Å². The summed E-state index contributed by atoms with van der Waals surface area (Å²) in [6, 6.07) is 20.2. The van der Waals surface area contributed by atoms with Crippen molar-refractivity contribution < 1.29 is 9.47 Å². The Morgan fingerprint density at radius 1 is 1.00 bits per heavy atom. The molecule has 2 aliphatic rings. The highest BCUT2D eigenvalue weighted by Gasteiger charge is 2.43. The first-order valence-electron chi connectivity index (χ1n) is 9.35. The third-order valence-corrected chi connectivity index (χ3v) is 5.41. The van der Waals surface area contributed by atoms with Crippen molar-refractivity contribution in [3.05, 3.63) is 78.1 Å². The fourth-order valence-corrected chi connectivity index (χ4v) is 4.12. The third kappa shape index (κ3) is 3.04. The van der Waals surface area contributed by atoms with Crippen LogP contribution in [-0.4, -0.2) is 29.7 Å². The molecule has 1 aliphatic heterocycles. The number of benzene rings is 2. The first-order chi connectivity index (χ1) is 13.3. The molecule has 1 saturated heterocycles. The van der Waals surface area contributed by atoms with Crippen LogP contribution >= 0.6 is 0 Å². The number of fused-ring (bicyclic) bond motifs is 2. The van der Waals surface area contributed by atoms with E-state index in [4.69, 9.17) is 9.47 Å². The molecular formula is C22H21N3O2. The Bertz CT molecular complexity index is 943. The quantitative estimate of drug-likeness (QED) is 0.709. The zero-order valence-electron chi connectivity index (χ0n) is 15.0. The van der Waals surface area contributed by atoms with E-state index in [1.54, 1.807) is 6.33 Å². The van der Waals surface area contributed by atoms with Crippen LogP contribution in [0.25, 0.3) is 0 Å². The molecule has 136 valence electrons. The Labute approximate surface area is 158 Å². The zero-order chi connectivity index (χ0) is 18.1. The van der Waals surface area contributed by atoms with E-state index in [1.165, 1.54) is 11.1 Å². The number of ether oxygens (including phenoxy) is 2. The number of rotatable bonds is 3. The fourth-order valence-electron chi connectivity index (χ4n) is 4.12. The van der Waals surface area contributed by atoms with E-state index < -0.39 is 0 Å². The molecule has 0 radical (unpaired) electrons. The lowest BCUT2D eigenvalue weighted by Gasteiger charge is -2.41. The Hall–Kier alpha value is -2.92. The molecule has 5 nitrogen and oxygen atoms in total. The van der Waals surface area contributed by atoms with Gasteiger partial charge in [-0.3, -0.25) is 0 Å². The fraction of sp³-hybridized carbons (Fsp3) is 0.273. The van der Waals surface area contributed by atoms with Gasteiger partial charge in [0, 0.05) is 12.6 Å². The Balaban J connectivity index is 1.40. The molecule has 0 N–H and O–H groups in total. The SMILES string of the molecule is c1ccc(Oc2cc(N3CCOC4(CCc5ccccc54)C3)ncn2)cc1. The predicted molar refractivity (Wildman–Crippen MR) is 103 cm³/mol. The number of anilines is 1. The van der Waals surface area contributed by atoms with Crippen LogP contribution in [0.15, 0.2) is 67.0 Å². The first kappa shape index (κ1) is 16.3. The molecule has 1 fully saturated rings. The van der Waals surface area contributed by atoms with Gasteiger partial charge < -0.3 is 14.4 Å². The van der Waals surface area contributed by atoms with Gasteiger partial charge in [-0.25, -0.2) is 9.97 Å². The van der Waals surface area contributed by atoms with Gasteiger partial charge in [0.1, 0.15) is 23.5 Å². The Kier molecular flexibility index (Phi) is 4.02. The third-order valence-electron chi connectivity index (χ3n) is 5.41. The highest BCUT2D eigenvalue weighted by Crippen LogP contribution is 2.42. The van der Waals surface area contributed by atoms with E-state index in [0.29, 0.717) is 12.5 Å². The van der Waals surface area contributed by atoms with Crippen LogP contribution < -0.4 is 9.64 Å². The summed E-state index contributed by atoms with van der Waals surface area (Å²) in [6.45, 7) is 2.30. The van der Waals surface area contributed by atoms with Crippen LogP contribution in [-0.2, 0) is 16.8 Å². The molecule has 27 heavy (non-hydrogen) atoms. The van der Waals surface area contributed by atoms with Crippen molar-refractivity contribution in [1.29, 1.82) is 0 Å². The topological polar surface area (TPSA) is 47.5 Å². The largest absolute Gasteiger partial charge is 0.439 e. The molecule has 2 aromatic carbocycles. The predicted octanol–water partition coefficient (Wildman–Crippen LogP) is 3.95. The van der Waals surface area contributed by atoms with Crippen molar-refractivity contribution in [2.24, 2.45) is 0 Å². The Morgan fingerprint density at radius 3 is 2.78 bits per heavy atom. The summed E-state index contributed by atoms with van der Waals surface area (Å²) < 4.78 is 12.2. The van der Waals surface area contributed by atoms with Crippen molar-refractivity contribution in [2.45, 2.75) is 18.4 Å². The van der Waals surface area contributed by atoms with Crippen molar-refractivity contribution in [2.75, 3.05) is 24.6 Å². The van der Waals surface area contributed by atoms with E-state index in [0.717, 1.165) is 37.5 Å². The van der Waals surface area contributed by atoms with Crippen molar-refractivity contribution in [3.63, 3.8) is 0 Å². The number of nitrogens with zero attached hydrogens (tertiary/aromatic N) is 3. The van der Waals surface area contributed by atoms with Crippen LogP contribution in [0.2, 0.25) is 0 Å². The number of hydrogen-bond acceptors (Lipinski definition) is 5. The van der Waals surface area contributed by atoms with Crippen molar-refractivity contribution in [3.8, 4) is 11.6 Å². The highest BCUT2D eigenvalue weighted by molar-refractivity contribution is 5.46. The molecule has 0 saturated carbocycles. The summed E-state index contributed by atoms with van der Waals surface area (Å²) in [6.07, 6.45) is 3.65. The molecule has 1 aromatic heterocycles. The summed E-state index contributed by atoms with van der Waals surface area (Å²) in [4.78, 5) is 11.0. The number of para-hydroxylation sites is 1. The maximum atomic E-state index is 6.31. The molecule has 5 rings (SSSR count). The minimum absolute atomic E-state index is 0.236. The summed E-state index contributed by atoms with van der Waals surface area (Å²) in [7, 11) is 0. The van der Waals surface area contributed by atoms with E-state index in [9.17, 15) is 0 Å². The Morgan fingerprint density at radius 2 is 1.85 bits per heavy atom. The van der Waals surface area contributed by atoms with Gasteiger partial charge in [0.05, 0.1) is 13.2 Å². The molecule has 1 atom stereocenters. The standard InChI is InChI=1S/C22H21N3O2/c1-2-7-18(8-3-1)27-21-14-20(23-16-24-21)25-12-13-26-22(15-25)11-10-17-6-4-5-9-19(17)22/h1-9,14,16H,10-13,15H2. The van der Waals surface area contributed by atoms with Gasteiger partial charge in [-0.15, -0.1) is 0 Å². The highest BCUT2D eigenvalue weighted by atomic mass is 16.5. The maximum absolute atomic E-state index is 6.31. The molecule has 2 heterocycles. The van der Waals surface area contributed by atoms with E-state index in [2.05, 4.69) is 39.1 Å². The van der Waals surface area contributed by atoms with Gasteiger partial charge in [0.15, 0.2) is 0 Å². The number of aryl methyl sites for hydroxylation is 1. The number of hydrogen-bond donors (Lipinski definition) is 0. The maximum Gasteiger partial charge on any atom is 0.224 e. The summed E-state index contributed by atoms with van der Waals surface area (Å²) in [5.74, 6) is 2.20. The van der Waals surface area contributed by atoms with Gasteiger partial charge in [-0.05, 0) is 36.1 Å². The first-order valence-corrected chi connectivity index (χ1v) is 9.35. The lowest BCUT2D eigenvalue weighted by molar-refractivity contribution is -0.0594. The summed E-state index contributed by atoms with van der Waals surface area (Å²) in [5, 5.41) is 0. The van der Waals surface area contributed by atoms with Crippen molar-refractivity contribution in [1.82, 2.24) is 9.97 Å². The molecule has 3 aromatic rings. The second-order valence-corrected chi connectivity index (χ2v) is 7.05. The number of morpholine rings is 1. The van der Waals surface area contributed by atoms with Gasteiger partial charge >= 0.3 is 0 Å².